The molecule has 0 radical (unpaired) electrons. The van der Waals surface area contributed by atoms with Gasteiger partial charge in [-0.25, -0.2) is 9.31 Å². The van der Waals surface area contributed by atoms with Gasteiger partial charge >= 0.3 is 5.76 Å². The molecule has 10 nitrogen and oxygen atoms in total. The van der Waals surface area contributed by atoms with E-state index in [9.17, 15) is 14.4 Å². The van der Waals surface area contributed by atoms with Crippen molar-refractivity contribution in [3.63, 3.8) is 0 Å². The number of aromatic amines is 1. The second kappa shape index (κ2) is 6.92. The van der Waals surface area contributed by atoms with Gasteiger partial charge in [-0.2, -0.15) is 5.10 Å². The lowest BCUT2D eigenvalue weighted by molar-refractivity contribution is 0.0996. The molecule has 1 aromatic carbocycles. The summed E-state index contributed by atoms with van der Waals surface area (Å²) in [5, 5.41) is 7.03. The Morgan fingerprint density at radius 2 is 2.13 bits per heavy atom. The predicted octanol–water partition coefficient (Wildman–Crippen LogP) is 3.29. The minimum Gasteiger partial charge on any atom is -0.408 e. The van der Waals surface area contributed by atoms with Crippen molar-refractivity contribution in [1.29, 1.82) is 0 Å². The standard InChI is InChI=1S/C20H14N6O4S.3H2/c1-9-13(5-11(6-22-9)17(21)27)24-18(28)12-7-23-26-8-16(31-19(12)26)10-2-3-15-14(4-10)25-20(29)30-15;;;/h2-8H,1H3,(H2,21,27)(H,24,28)(H,25,29);3*1H. The number of nitrogens with zero attached hydrogens (tertiary/aromatic N) is 3. The van der Waals surface area contributed by atoms with E-state index >= 15 is 0 Å². The third-order valence-corrected chi connectivity index (χ3v) is 5.92. The number of oxazole rings is 1. The van der Waals surface area contributed by atoms with Gasteiger partial charge in [-0.3, -0.25) is 19.6 Å². The molecule has 0 aliphatic heterocycles. The van der Waals surface area contributed by atoms with Gasteiger partial charge in [-0.15, -0.1) is 11.3 Å². The molecule has 0 saturated heterocycles. The number of thiazole rings is 1. The average Bonchev–Trinajstić information content (AvgIpc) is 3.41. The molecule has 0 aliphatic rings. The topological polar surface area (TPSA) is 148 Å². The largest absolute Gasteiger partial charge is 0.417 e. The minimum absolute atomic E-state index is 0. The normalized spacial score (nSPS) is 11.3. The highest BCUT2D eigenvalue weighted by Crippen LogP contribution is 2.32. The minimum atomic E-state index is -0.630. The molecule has 0 saturated carbocycles. The fourth-order valence-electron chi connectivity index (χ4n) is 3.16. The van der Waals surface area contributed by atoms with E-state index in [0.29, 0.717) is 32.9 Å². The van der Waals surface area contributed by atoms with Crippen molar-refractivity contribution in [3.8, 4) is 10.4 Å². The van der Waals surface area contributed by atoms with Gasteiger partial charge in [0.2, 0.25) is 5.91 Å². The van der Waals surface area contributed by atoms with Gasteiger partial charge in [0.1, 0.15) is 4.83 Å². The quantitative estimate of drug-likeness (QED) is 0.390. The van der Waals surface area contributed by atoms with Crippen LogP contribution in [0.5, 0.6) is 0 Å². The highest BCUT2D eigenvalue weighted by atomic mass is 32.1. The number of H-pyrrole nitrogens is 1. The summed E-state index contributed by atoms with van der Waals surface area (Å²) in [4.78, 5) is 43.9. The molecule has 31 heavy (non-hydrogen) atoms. The summed E-state index contributed by atoms with van der Waals surface area (Å²) < 4.78 is 6.64. The highest BCUT2D eigenvalue weighted by molar-refractivity contribution is 7.21. The van der Waals surface area contributed by atoms with E-state index in [1.807, 2.05) is 6.07 Å². The van der Waals surface area contributed by atoms with Gasteiger partial charge in [0, 0.05) is 16.7 Å². The number of aryl methyl sites for hydroxylation is 1. The number of carbonyl (C=O) groups excluding carboxylic acids is 2. The van der Waals surface area contributed by atoms with Crippen molar-refractivity contribution in [1.82, 2.24) is 19.6 Å². The zero-order valence-corrected chi connectivity index (χ0v) is 16.8. The van der Waals surface area contributed by atoms with Crippen molar-refractivity contribution in [2.24, 2.45) is 5.73 Å². The zero-order valence-electron chi connectivity index (χ0n) is 16.0. The first kappa shape index (κ1) is 18.8. The van der Waals surface area contributed by atoms with Crippen molar-refractivity contribution < 1.29 is 18.3 Å². The summed E-state index contributed by atoms with van der Waals surface area (Å²) in [6, 6.07) is 6.83. The second-order valence-corrected chi connectivity index (χ2v) is 7.83. The number of amides is 2. The lowest BCUT2D eigenvalue weighted by atomic mass is 10.2. The molecule has 0 atom stereocenters. The van der Waals surface area contributed by atoms with Crippen LogP contribution in [0.3, 0.4) is 0 Å². The average molecular weight is 440 g/mol. The number of benzene rings is 1. The Morgan fingerprint density at radius 3 is 2.94 bits per heavy atom. The van der Waals surface area contributed by atoms with Crippen LogP contribution in [0, 0.1) is 6.92 Å². The fourth-order valence-corrected chi connectivity index (χ4v) is 4.22. The number of carbonyl (C=O) groups is 2. The van der Waals surface area contributed by atoms with Crippen LogP contribution in [0.1, 0.15) is 30.7 Å². The SMILES string of the molecule is Cc1ncc(C(N)=O)cc1NC(=O)c1cnn2cc(-c3ccc4oc(=O)[nH]c4c3)sc12.[HH].[HH].[HH]. The van der Waals surface area contributed by atoms with Crippen LogP contribution < -0.4 is 16.8 Å². The number of pyridine rings is 1. The monoisotopic (exact) mass is 440 g/mol. The summed E-state index contributed by atoms with van der Waals surface area (Å²) in [6.07, 6.45) is 4.64. The van der Waals surface area contributed by atoms with Crippen LogP contribution in [0.25, 0.3) is 26.4 Å². The Morgan fingerprint density at radius 1 is 1.29 bits per heavy atom. The van der Waals surface area contributed by atoms with Gasteiger partial charge < -0.3 is 15.5 Å². The van der Waals surface area contributed by atoms with Crippen LogP contribution in [-0.2, 0) is 0 Å². The maximum atomic E-state index is 12.9. The molecule has 11 heteroatoms. The molecule has 0 aliphatic carbocycles. The van der Waals surface area contributed by atoms with Gasteiger partial charge in [-0.1, -0.05) is 0 Å². The first-order valence-electron chi connectivity index (χ1n) is 9.07. The molecule has 0 spiro atoms. The van der Waals surface area contributed by atoms with E-state index in [1.165, 1.54) is 29.8 Å². The van der Waals surface area contributed by atoms with E-state index < -0.39 is 11.7 Å². The van der Waals surface area contributed by atoms with Gasteiger partial charge in [0.05, 0.1) is 39.1 Å². The molecule has 2 amide bonds. The molecule has 4 heterocycles. The van der Waals surface area contributed by atoms with Crippen molar-refractivity contribution in [3.05, 3.63) is 70.2 Å². The molecular weight excluding hydrogens is 420 g/mol. The van der Waals surface area contributed by atoms with Crippen molar-refractivity contribution in [2.75, 3.05) is 5.32 Å². The molecule has 5 rings (SSSR count). The summed E-state index contributed by atoms with van der Waals surface area (Å²) in [6.45, 7) is 1.72. The number of hydrogen-bond acceptors (Lipinski definition) is 7. The Hall–Kier alpha value is -4.25. The van der Waals surface area contributed by atoms with E-state index in [0.717, 1.165) is 10.4 Å². The molecule has 160 valence electrons. The summed E-state index contributed by atoms with van der Waals surface area (Å²) in [7, 11) is 0. The number of nitrogens with one attached hydrogen (secondary N) is 2. The van der Waals surface area contributed by atoms with Crippen LogP contribution >= 0.6 is 11.3 Å². The number of hydrogen-bond donors (Lipinski definition) is 3. The highest BCUT2D eigenvalue weighted by Gasteiger charge is 2.18. The smallest absolute Gasteiger partial charge is 0.408 e. The summed E-state index contributed by atoms with van der Waals surface area (Å²) in [5.74, 6) is -1.53. The Labute approximate surface area is 181 Å². The van der Waals surface area contributed by atoms with Crippen LogP contribution in [0.2, 0.25) is 0 Å². The first-order chi connectivity index (χ1) is 14.9. The third kappa shape index (κ3) is 3.26. The predicted molar refractivity (Wildman–Crippen MR) is 121 cm³/mol. The molecule has 0 bridgehead atoms. The summed E-state index contributed by atoms with van der Waals surface area (Å²) >= 11 is 1.38. The Kier molecular flexibility index (Phi) is 4.19. The van der Waals surface area contributed by atoms with Gasteiger partial charge in [0.25, 0.3) is 5.91 Å². The fraction of sp³-hybridized carbons (Fsp3) is 0.0500. The van der Waals surface area contributed by atoms with Crippen molar-refractivity contribution in [2.45, 2.75) is 6.92 Å². The lowest BCUT2D eigenvalue weighted by Gasteiger charge is -2.08. The van der Waals surface area contributed by atoms with Crippen LogP contribution in [0.15, 0.2) is 52.1 Å². The number of primary amides is 1. The molecule has 0 unspecified atom stereocenters. The van der Waals surface area contributed by atoms with Crippen LogP contribution in [0.4, 0.5) is 5.69 Å². The van der Waals surface area contributed by atoms with Crippen LogP contribution in [-0.4, -0.2) is 31.4 Å². The number of anilines is 1. The van der Waals surface area contributed by atoms with Gasteiger partial charge in [0.15, 0.2) is 5.58 Å². The third-order valence-electron chi connectivity index (χ3n) is 4.76. The second-order valence-electron chi connectivity index (χ2n) is 6.80. The van der Waals surface area contributed by atoms with E-state index in [1.54, 1.807) is 29.8 Å². The maximum absolute atomic E-state index is 12.9. The van der Waals surface area contributed by atoms with E-state index in [4.69, 9.17) is 10.2 Å². The number of nitrogens with two attached hydrogens (primary N) is 1. The molecule has 5 aromatic rings. The van der Waals surface area contributed by atoms with E-state index in [2.05, 4.69) is 20.4 Å². The van der Waals surface area contributed by atoms with Crippen molar-refractivity contribution >= 4 is 44.8 Å². The Balaban J connectivity index is 0.00000136. The molecule has 4 N–H and O–H groups in total. The summed E-state index contributed by atoms with van der Waals surface area (Å²) in [5.41, 5.74) is 8.72. The lowest BCUT2D eigenvalue weighted by Crippen LogP contribution is -2.16. The molecule has 0 fully saturated rings. The molecule has 4 aromatic heterocycles. The number of rotatable bonds is 4. The maximum Gasteiger partial charge on any atom is 0.417 e. The molecular formula is C20H20N6O4S. The first-order valence-corrected chi connectivity index (χ1v) is 9.89. The Bertz CT molecular complexity index is 1570. The van der Waals surface area contributed by atoms with Gasteiger partial charge in [-0.05, 0) is 36.8 Å². The number of fused-ring (bicyclic) bond motifs is 2. The zero-order chi connectivity index (χ0) is 21.7. The van der Waals surface area contributed by atoms with E-state index in [-0.39, 0.29) is 15.8 Å². The number of aromatic nitrogens is 4.